The Morgan fingerprint density at radius 2 is 2.12 bits per heavy atom. The lowest BCUT2D eigenvalue weighted by Gasteiger charge is -2.22. The number of carbonyl (C=O) groups excluding carboxylic acids is 1. The van der Waals surface area contributed by atoms with Crippen molar-refractivity contribution in [1.82, 2.24) is 5.32 Å². The fourth-order valence-electron chi connectivity index (χ4n) is 1.56. The van der Waals surface area contributed by atoms with Crippen LogP contribution in [0.5, 0.6) is 0 Å². The van der Waals surface area contributed by atoms with Crippen LogP contribution in [0.25, 0.3) is 0 Å². The van der Waals surface area contributed by atoms with Crippen molar-refractivity contribution in [3.05, 3.63) is 29.8 Å². The molecule has 0 radical (unpaired) electrons. The van der Waals surface area contributed by atoms with Crippen LogP contribution in [-0.4, -0.2) is 30.0 Å². The number of hydrogen-bond donors (Lipinski definition) is 2. The maximum atomic E-state index is 13.3. The van der Waals surface area contributed by atoms with Crippen molar-refractivity contribution in [2.75, 3.05) is 23.4 Å². The van der Waals surface area contributed by atoms with E-state index in [-0.39, 0.29) is 5.69 Å². The van der Waals surface area contributed by atoms with Gasteiger partial charge in [-0.25, -0.2) is 8.78 Å². The fraction of sp³-hybridized carbons (Fsp3) is 0.364. The summed E-state index contributed by atoms with van der Waals surface area (Å²) in [6.07, 6.45) is 0. The van der Waals surface area contributed by atoms with Crippen molar-refractivity contribution in [1.29, 1.82) is 0 Å². The quantitative estimate of drug-likeness (QED) is 0.846. The first-order chi connectivity index (χ1) is 8.18. The molecule has 1 amide bonds. The Morgan fingerprint density at radius 1 is 1.41 bits per heavy atom. The lowest BCUT2D eigenvalue weighted by Crippen LogP contribution is -2.46. The number of benzene rings is 1. The van der Waals surface area contributed by atoms with Crippen LogP contribution in [0.1, 0.15) is 0 Å². The lowest BCUT2D eigenvalue weighted by atomic mass is 10.2. The van der Waals surface area contributed by atoms with Gasteiger partial charge in [0.2, 0.25) is 5.91 Å². The second kappa shape index (κ2) is 5.46. The maximum Gasteiger partial charge on any atom is 0.242 e. The Balaban J connectivity index is 2.07. The van der Waals surface area contributed by atoms with Gasteiger partial charge in [-0.1, -0.05) is 6.07 Å². The molecule has 3 nitrogen and oxygen atoms in total. The Bertz CT molecular complexity index is 402. The molecule has 1 aromatic rings. The second-order valence-corrected chi connectivity index (χ2v) is 4.82. The van der Waals surface area contributed by atoms with Gasteiger partial charge in [-0.2, -0.15) is 11.8 Å². The van der Waals surface area contributed by atoms with Crippen molar-refractivity contribution in [2.24, 2.45) is 0 Å². The summed E-state index contributed by atoms with van der Waals surface area (Å²) < 4.78 is 26.6. The third kappa shape index (κ3) is 2.95. The highest BCUT2D eigenvalue weighted by Crippen LogP contribution is 2.19. The van der Waals surface area contributed by atoms with Crippen LogP contribution < -0.4 is 10.6 Å². The summed E-state index contributed by atoms with van der Waals surface area (Å²) in [4.78, 5) is 11.8. The minimum absolute atomic E-state index is 0.380. The summed E-state index contributed by atoms with van der Waals surface area (Å²) in [5.74, 6) is -0.371. The van der Waals surface area contributed by atoms with Crippen molar-refractivity contribution < 1.29 is 13.6 Å². The molecule has 1 unspecified atom stereocenters. The third-order valence-electron chi connectivity index (χ3n) is 2.45. The van der Waals surface area contributed by atoms with E-state index in [0.29, 0.717) is 5.75 Å². The molecule has 0 bridgehead atoms. The SMILES string of the molecule is O=C(Nc1c(F)cccc1F)C1CSCCN1. The average Bonchev–Trinajstić information content (AvgIpc) is 2.35. The number of para-hydroxylation sites is 1. The van der Waals surface area contributed by atoms with E-state index in [0.717, 1.165) is 24.4 Å². The number of amides is 1. The third-order valence-corrected chi connectivity index (χ3v) is 3.51. The zero-order valence-electron chi connectivity index (χ0n) is 9.00. The lowest BCUT2D eigenvalue weighted by molar-refractivity contribution is -0.117. The van der Waals surface area contributed by atoms with Gasteiger partial charge in [0.25, 0.3) is 0 Å². The molecular formula is C11H12F2N2OS. The molecule has 1 saturated heterocycles. The summed E-state index contributed by atoms with van der Waals surface area (Å²) in [5, 5.41) is 5.28. The van der Waals surface area contributed by atoms with Crippen LogP contribution in [0.2, 0.25) is 0 Å². The molecule has 0 saturated carbocycles. The van der Waals surface area contributed by atoms with Gasteiger partial charge >= 0.3 is 0 Å². The molecule has 1 aliphatic rings. The molecule has 2 rings (SSSR count). The number of hydrogen-bond acceptors (Lipinski definition) is 3. The number of nitrogens with one attached hydrogen (secondary N) is 2. The van der Waals surface area contributed by atoms with Crippen molar-refractivity contribution in [2.45, 2.75) is 6.04 Å². The monoisotopic (exact) mass is 258 g/mol. The van der Waals surface area contributed by atoms with Crippen LogP contribution >= 0.6 is 11.8 Å². The van der Waals surface area contributed by atoms with E-state index in [9.17, 15) is 13.6 Å². The predicted octanol–water partition coefficient (Wildman–Crippen LogP) is 1.61. The topological polar surface area (TPSA) is 41.1 Å². The Morgan fingerprint density at radius 3 is 2.71 bits per heavy atom. The molecule has 1 aliphatic heterocycles. The average molecular weight is 258 g/mol. The molecule has 92 valence electrons. The fourth-order valence-corrected chi connectivity index (χ4v) is 2.50. The number of rotatable bonds is 2. The van der Waals surface area contributed by atoms with Crippen LogP contribution in [0, 0.1) is 11.6 Å². The normalized spacial score (nSPS) is 20.0. The second-order valence-electron chi connectivity index (χ2n) is 3.67. The van der Waals surface area contributed by atoms with Crippen LogP contribution in [0.3, 0.4) is 0 Å². The molecule has 1 heterocycles. The highest BCUT2D eigenvalue weighted by molar-refractivity contribution is 7.99. The minimum atomic E-state index is -0.762. The Kier molecular flexibility index (Phi) is 3.96. The van der Waals surface area contributed by atoms with E-state index in [1.165, 1.54) is 6.07 Å². The number of anilines is 1. The van der Waals surface area contributed by atoms with Gasteiger partial charge in [-0.05, 0) is 12.1 Å². The number of halogens is 2. The van der Waals surface area contributed by atoms with Gasteiger partial charge in [-0.3, -0.25) is 4.79 Å². The highest BCUT2D eigenvalue weighted by Gasteiger charge is 2.22. The smallest absolute Gasteiger partial charge is 0.242 e. The zero-order chi connectivity index (χ0) is 12.3. The van der Waals surface area contributed by atoms with E-state index in [4.69, 9.17) is 0 Å². The van der Waals surface area contributed by atoms with Gasteiger partial charge in [0.05, 0.1) is 6.04 Å². The molecule has 0 spiro atoms. The zero-order valence-corrected chi connectivity index (χ0v) is 9.82. The molecule has 17 heavy (non-hydrogen) atoms. The van der Waals surface area contributed by atoms with E-state index in [2.05, 4.69) is 10.6 Å². The number of thioether (sulfide) groups is 1. The molecule has 0 aromatic heterocycles. The summed E-state index contributed by atoms with van der Waals surface area (Å²) in [5.41, 5.74) is -0.380. The van der Waals surface area contributed by atoms with Crippen LogP contribution in [0.15, 0.2) is 18.2 Å². The van der Waals surface area contributed by atoms with Crippen LogP contribution in [0.4, 0.5) is 14.5 Å². The van der Waals surface area contributed by atoms with Gasteiger partial charge < -0.3 is 10.6 Å². The first kappa shape index (κ1) is 12.3. The van der Waals surface area contributed by atoms with Gasteiger partial charge in [0.15, 0.2) is 0 Å². The first-order valence-corrected chi connectivity index (χ1v) is 6.40. The molecule has 6 heteroatoms. The Hall–Kier alpha value is -1.14. The molecular weight excluding hydrogens is 246 g/mol. The van der Waals surface area contributed by atoms with E-state index in [1.54, 1.807) is 11.8 Å². The molecule has 1 atom stereocenters. The van der Waals surface area contributed by atoms with Crippen molar-refractivity contribution in [3.8, 4) is 0 Å². The molecule has 1 aromatic carbocycles. The van der Waals surface area contributed by atoms with Gasteiger partial charge in [0.1, 0.15) is 17.3 Å². The Labute approximate surface area is 102 Å². The summed E-state index contributed by atoms with van der Waals surface area (Å²) in [7, 11) is 0. The largest absolute Gasteiger partial charge is 0.320 e. The van der Waals surface area contributed by atoms with Crippen molar-refractivity contribution in [3.63, 3.8) is 0 Å². The van der Waals surface area contributed by atoms with E-state index >= 15 is 0 Å². The molecule has 2 N–H and O–H groups in total. The van der Waals surface area contributed by atoms with E-state index < -0.39 is 23.6 Å². The number of carbonyl (C=O) groups is 1. The standard InChI is InChI=1S/C11H12F2N2OS/c12-7-2-1-3-8(13)10(7)15-11(16)9-6-17-5-4-14-9/h1-3,9,14H,4-6H2,(H,15,16). The summed E-state index contributed by atoms with van der Waals surface area (Å²) >= 11 is 1.64. The van der Waals surface area contributed by atoms with Gasteiger partial charge in [-0.15, -0.1) is 0 Å². The molecule has 1 fully saturated rings. The first-order valence-electron chi connectivity index (χ1n) is 5.24. The van der Waals surface area contributed by atoms with Gasteiger partial charge in [0, 0.05) is 18.1 Å². The minimum Gasteiger partial charge on any atom is -0.320 e. The predicted molar refractivity (Wildman–Crippen MR) is 64.1 cm³/mol. The van der Waals surface area contributed by atoms with Crippen LogP contribution in [-0.2, 0) is 4.79 Å². The maximum absolute atomic E-state index is 13.3. The van der Waals surface area contributed by atoms with Crippen molar-refractivity contribution >= 4 is 23.4 Å². The molecule has 0 aliphatic carbocycles. The highest BCUT2D eigenvalue weighted by atomic mass is 32.2. The summed E-state index contributed by atoms with van der Waals surface area (Å²) in [6.45, 7) is 0.725. The van der Waals surface area contributed by atoms with E-state index in [1.807, 2.05) is 0 Å². The summed E-state index contributed by atoms with van der Waals surface area (Å²) in [6, 6.07) is 3.09.